The molecule has 1 N–H and O–H groups in total. The molecule has 0 aromatic rings. The smallest absolute Gasteiger partial charge is 0.450 e. The normalized spacial score (nSPS) is 16.3. The zero-order valence-electron chi connectivity index (χ0n) is 5.30. The Balaban J connectivity index is 3.50. The third-order valence-corrected chi connectivity index (χ3v) is 1.95. The van der Waals surface area contributed by atoms with E-state index in [-0.39, 0.29) is 10.0 Å². The molecule has 0 heterocycles. The van der Waals surface area contributed by atoms with Gasteiger partial charge in [-0.3, -0.25) is 0 Å². The summed E-state index contributed by atoms with van der Waals surface area (Å²) in [5, 5.41) is 8.11. The molecule has 54 valence electrons. The molecule has 0 saturated heterocycles. The number of rotatable bonds is 2. The third kappa shape index (κ3) is 4.50. The van der Waals surface area contributed by atoms with Crippen LogP contribution in [0.3, 0.4) is 0 Å². The Bertz CT molecular complexity index is 102. The average molecular weight is 244 g/mol. The van der Waals surface area contributed by atoms with Gasteiger partial charge in [0.2, 0.25) is 0 Å². The van der Waals surface area contributed by atoms with Crippen molar-refractivity contribution in [3.8, 4) is 0 Å². The van der Waals surface area contributed by atoms with E-state index in [1.807, 2.05) is 6.92 Å². The van der Waals surface area contributed by atoms with Gasteiger partial charge in [-0.05, 0) is 13.8 Å². The van der Waals surface area contributed by atoms with E-state index in [2.05, 4.69) is 27.3 Å². The zero-order chi connectivity index (χ0) is 7.44. The van der Waals surface area contributed by atoms with Crippen molar-refractivity contribution < 1.29 is 14.6 Å². The fourth-order valence-electron chi connectivity index (χ4n) is 0.253. The van der Waals surface area contributed by atoms with E-state index in [0.29, 0.717) is 0 Å². The lowest BCUT2D eigenvalue weighted by Gasteiger charge is -2.11. The van der Waals surface area contributed by atoms with Crippen molar-refractivity contribution in [2.45, 2.75) is 23.9 Å². The maximum absolute atomic E-state index is 9.89. The van der Waals surface area contributed by atoms with Crippen molar-refractivity contribution in [2.75, 3.05) is 0 Å². The van der Waals surface area contributed by atoms with Crippen molar-refractivity contribution in [3.05, 3.63) is 0 Å². The quantitative estimate of drug-likeness (QED) is 0.458. The number of halogens is 1. The van der Waals surface area contributed by atoms with Crippen LogP contribution in [-0.4, -0.2) is 21.3 Å². The SMILES string of the molecule is C[C@H](I)[C@@H](C)OC(=O)O. The van der Waals surface area contributed by atoms with E-state index in [0.717, 1.165) is 0 Å². The van der Waals surface area contributed by atoms with Gasteiger partial charge in [0.15, 0.2) is 0 Å². The minimum atomic E-state index is -1.20. The predicted octanol–water partition coefficient (Wildman–Crippen LogP) is 1.89. The van der Waals surface area contributed by atoms with Crippen LogP contribution in [-0.2, 0) is 4.74 Å². The molecule has 0 aromatic heterocycles. The summed E-state index contributed by atoms with van der Waals surface area (Å²) in [5.41, 5.74) is 0. The Morgan fingerprint density at radius 3 is 2.22 bits per heavy atom. The molecule has 0 fully saturated rings. The van der Waals surface area contributed by atoms with Gasteiger partial charge in [0.1, 0.15) is 6.10 Å². The first-order valence-electron chi connectivity index (χ1n) is 2.57. The summed E-state index contributed by atoms with van der Waals surface area (Å²) in [7, 11) is 0. The van der Waals surface area contributed by atoms with Gasteiger partial charge in [-0.2, -0.15) is 0 Å². The molecule has 2 atom stereocenters. The Morgan fingerprint density at radius 2 is 2.11 bits per heavy atom. The Hall–Kier alpha value is 0. The third-order valence-electron chi connectivity index (χ3n) is 0.934. The van der Waals surface area contributed by atoms with Crippen LogP contribution < -0.4 is 0 Å². The van der Waals surface area contributed by atoms with Gasteiger partial charge >= 0.3 is 6.16 Å². The minimum Gasteiger partial charge on any atom is -0.450 e. The lowest BCUT2D eigenvalue weighted by Crippen LogP contribution is -2.20. The first-order valence-corrected chi connectivity index (χ1v) is 3.82. The molecule has 0 aromatic carbocycles. The van der Waals surface area contributed by atoms with Crippen LogP contribution >= 0.6 is 22.6 Å². The molecule has 0 unspecified atom stereocenters. The van der Waals surface area contributed by atoms with Crippen molar-refractivity contribution in [2.24, 2.45) is 0 Å². The van der Waals surface area contributed by atoms with Crippen molar-refractivity contribution in [3.63, 3.8) is 0 Å². The van der Waals surface area contributed by atoms with Gasteiger partial charge in [-0.1, -0.05) is 22.6 Å². The number of ether oxygens (including phenoxy) is 1. The molecule has 0 amide bonds. The second-order valence-electron chi connectivity index (χ2n) is 1.77. The lowest BCUT2D eigenvalue weighted by atomic mass is 10.3. The van der Waals surface area contributed by atoms with E-state index >= 15 is 0 Å². The van der Waals surface area contributed by atoms with Crippen LogP contribution in [0.2, 0.25) is 0 Å². The van der Waals surface area contributed by atoms with Gasteiger partial charge in [0, 0.05) is 3.92 Å². The van der Waals surface area contributed by atoms with E-state index < -0.39 is 6.16 Å². The van der Waals surface area contributed by atoms with Gasteiger partial charge < -0.3 is 9.84 Å². The van der Waals surface area contributed by atoms with Crippen LogP contribution in [0.25, 0.3) is 0 Å². The summed E-state index contributed by atoms with van der Waals surface area (Å²) in [5.74, 6) is 0. The van der Waals surface area contributed by atoms with Crippen LogP contribution in [0.4, 0.5) is 4.79 Å². The zero-order valence-corrected chi connectivity index (χ0v) is 7.45. The van der Waals surface area contributed by atoms with Crippen LogP contribution in [0.5, 0.6) is 0 Å². The van der Waals surface area contributed by atoms with Crippen LogP contribution in [0, 0.1) is 0 Å². The molecule has 0 radical (unpaired) electrons. The average Bonchev–Trinajstić information content (AvgIpc) is 1.63. The van der Waals surface area contributed by atoms with Crippen molar-refractivity contribution in [1.82, 2.24) is 0 Å². The predicted molar refractivity (Wildman–Crippen MR) is 42.1 cm³/mol. The molecular weight excluding hydrogens is 235 g/mol. The number of alkyl halides is 1. The molecule has 0 saturated carbocycles. The summed E-state index contributed by atoms with van der Waals surface area (Å²) in [6.45, 7) is 3.62. The summed E-state index contributed by atoms with van der Waals surface area (Å²) in [6.07, 6.45) is -1.42. The summed E-state index contributed by atoms with van der Waals surface area (Å²) in [6, 6.07) is 0. The van der Waals surface area contributed by atoms with Crippen molar-refractivity contribution in [1.29, 1.82) is 0 Å². The molecule has 0 aliphatic carbocycles. The molecule has 0 rings (SSSR count). The van der Waals surface area contributed by atoms with Gasteiger partial charge in [0.25, 0.3) is 0 Å². The number of hydrogen-bond acceptors (Lipinski definition) is 2. The number of hydrogen-bond donors (Lipinski definition) is 1. The van der Waals surface area contributed by atoms with Crippen LogP contribution in [0.15, 0.2) is 0 Å². The highest BCUT2D eigenvalue weighted by atomic mass is 127. The molecule has 0 spiro atoms. The molecule has 0 aliphatic heterocycles. The molecule has 4 heteroatoms. The summed E-state index contributed by atoms with van der Waals surface area (Å²) >= 11 is 2.11. The van der Waals surface area contributed by atoms with E-state index in [1.165, 1.54) is 0 Å². The summed E-state index contributed by atoms with van der Waals surface area (Å²) < 4.78 is 4.64. The topological polar surface area (TPSA) is 46.5 Å². The Morgan fingerprint density at radius 1 is 1.67 bits per heavy atom. The monoisotopic (exact) mass is 244 g/mol. The molecule has 9 heavy (non-hydrogen) atoms. The summed E-state index contributed by atoms with van der Waals surface area (Å²) in [4.78, 5) is 9.89. The minimum absolute atomic E-state index is 0.219. The maximum atomic E-state index is 9.89. The highest BCUT2D eigenvalue weighted by molar-refractivity contribution is 14.1. The highest BCUT2D eigenvalue weighted by Crippen LogP contribution is 2.07. The standard InChI is InChI=1S/C5H9IO3/c1-3(6)4(2)9-5(7)8/h3-4H,1-2H3,(H,7,8)/t3-,4+/m0/s1. The Labute approximate surface area is 67.5 Å². The first kappa shape index (κ1) is 9.00. The lowest BCUT2D eigenvalue weighted by molar-refractivity contribution is 0.0612. The van der Waals surface area contributed by atoms with Crippen LogP contribution in [0.1, 0.15) is 13.8 Å². The molecule has 0 bridgehead atoms. The van der Waals surface area contributed by atoms with Gasteiger partial charge in [-0.25, -0.2) is 4.79 Å². The van der Waals surface area contributed by atoms with E-state index in [9.17, 15) is 4.79 Å². The van der Waals surface area contributed by atoms with Crippen molar-refractivity contribution >= 4 is 28.7 Å². The first-order chi connectivity index (χ1) is 4.04. The number of carbonyl (C=O) groups is 1. The Kier molecular flexibility index (Phi) is 3.92. The fraction of sp³-hybridized carbons (Fsp3) is 0.800. The van der Waals surface area contributed by atoms with Gasteiger partial charge in [-0.15, -0.1) is 0 Å². The molecule has 0 aliphatic rings. The number of carboxylic acid groups (broad SMARTS) is 1. The molecule has 3 nitrogen and oxygen atoms in total. The van der Waals surface area contributed by atoms with Gasteiger partial charge in [0.05, 0.1) is 0 Å². The second kappa shape index (κ2) is 3.92. The van der Waals surface area contributed by atoms with E-state index in [1.54, 1.807) is 6.92 Å². The fourth-order valence-corrected chi connectivity index (χ4v) is 0.400. The van der Waals surface area contributed by atoms with E-state index in [4.69, 9.17) is 5.11 Å². The maximum Gasteiger partial charge on any atom is 0.506 e. The largest absolute Gasteiger partial charge is 0.506 e. The molecular formula is C5H9IO3. The second-order valence-corrected chi connectivity index (χ2v) is 3.73. The highest BCUT2D eigenvalue weighted by Gasteiger charge is 2.11.